The van der Waals surface area contributed by atoms with E-state index in [9.17, 15) is 4.79 Å². The first-order valence-electron chi connectivity index (χ1n) is 4.14. The second kappa shape index (κ2) is 3.48. The second-order valence-corrected chi connectivity index (χ2v) is 3.47. The molecule has 0 spiro atoms. The number of rotatable bonds is 3. The molecule has 0 aliphatic carbocycles. The molecule has 1 heterocycles. The highest BCUT2D eigenvalue weighted by molar-refractivity contribution is 6.34. The van der Waals surface area contributed by atoms with Crippen molar-refractivity contribution in [1.82, 2.24) is 0 Å². The third kappa shape index (κ3) is 1.90. The Labute approximate surface area is 81.5 Å². The fourth-order valence-corrected chi connectivity index (χ4v) is 1.43. The van der Waals surface area contributed by atoms with E-state index in [1.807, 2.05) is 18.2 Å². The van der Waals surface area contributed by atoms with Crippen LogP contribution in [0.25, 0.3) is 0 Å². The van der Waals surface area contributed by atoms with Crippen LogP contribution < -0.4 is 0 Å². The minimum Gasteiger partial charge on any atom is -0.371 e. The summed E-state index contributed by atoms with van der Waals surface area (Å²) in [4.78, 5) is 11.6. The lowest BCUT2D eigenvalue weighted by Crippen LogP contribution is -2.20. The molecule has 0 bridgehead atoms. The minimum absolute atomic E-state index is 0.0511. The zero-order valence-electron chi connectivity index (χ0n) is 6.94. The van der Waals surface area contributed by atoms with Gasteiger partial charge in [-0.25, -0.2) is 0 Å². The molecule has 2 atom stereocenters. The number of carbonyl (C=O) groups excluding carboxylic acids is 1. The van der Waals surface area contributed by atoms with E-state index in [1.165, 1.54) is 0 Å². The Morgan fingerprint density at radius 3 is 2.62 bits per heavy atom. The summed E-state index contributed by atoms with van der Waals surface area (Å²) in [5.74, 6) is -0.0511. The topological polar surface area (TPSA) is 29.6 Å². The maximum atomic E-state index is 11.6. The fourth-order valence-electron chi connectivity index (χ4n) is 1.15. The van der Waals surface area contributed by atoms with E-state index in [-0.39, 0.29) is 11.9 Å². The fraction of sp³-hybridized carbons (Fsp3) is 0.300. The molecule has 1 aliphatic rings. The summed E-state index contributed by atoms with van der Waals surface area (Å²) < 4.78 is 4.96. The number of carbonyl (C=O) groups is 1. The van der Waals surface area contributed by atoms with E-state index in [2.05, 4.69) is 0 Å². The van der Waals surface area contributed by atoms with Crippen molar-refractivity contribution in [1.29, 1.82) is 0 Å². The second-order valence-electron chi connectivity index (χ2n) is 3.00. The molecule has 1 aromatic carbocycles. The Balaban J connectivity index is 2.12. The van der Waals surface area contributed by atoms with Gasteiger partial charge in [-0.1, -0.05) is 30.3 Å². The van der Waals surface area contributed by atoms with Gasteiger partial charge >= 0.3 is 0 Å². The van der Waals surface area contributed by atoms with Crippen molar-refractivity contribution < 1.29 is 9.53 Å². The van der Waals surface area contributed by atoms with Gasteiger partial charge < -0.3 is 4.74 Å². The number of epoxide rings is 1. The lowest BCUT2D eigenvalue weighted by Gasteiger charge is -2.03. The molecule has 0 saturated carbocycles. The molecule has 2 unspecified atom stereocenters. The molecule has 0 aromatic heterocycles. The number of hydrogen-bond acceptors (Lipinski definition) is 2. The predicted octanol–water partition coefficient (Wildman–Crippen LogP) is 1.88. The summed E-state index contributed by atoms with van der Waals surface area (Å²) in [6.07, 6.45) is -0.0747. The van der Waals surface area contributed by atoms with E-state index < -0.39 is 5.38 Å². The van der Waals surface area contributed by atoms with Crippen molar-refractivity contribution in [3.63, 3.8) is 0 Å². The smallest absolute Gasteiger partial charge is 0.183 e. The van der Waals surface area contributed by atoms with Crippen LogP contribution in [0.1, 0.15) is 10.4 Å². The molecule has 2 nitrogen and oxygen atoms in total. The molecule has 3 heteroatoms. The van der Waals surface area contributed by atoms with E-state index in [0.29, 0.717) is 12.2 Å². The Hall–Kier alpha value is -0.860. The van der Waals surface area contributed by atoms with Crippen LogP contribution in [0.5, 0.6) is 0 Å². The van der Waals surface area contributed by atoms with E-state index in [4.69, 9.17) is 16.3 Å². The van der Waals surface area contributed by atoms with Crippen molar-refractivity contribution >= 4 is 17.4 Å². The highest BCUT2D eigenvalue weighted by Crippen LogP contribution is 2.22. The summed E-state index contributed by atoms with van der Waals surface area (Å²) in [6, 6.07) is 9.04. The Morgan fingerprint density at radius 1 is 1.46 bits per heavy atom. The molecule has 1 saturated heterocycles. The van der Waals surface area contributed by atoms with Gasteiger partial charge in [-0.05, 0) is 0 Å². The quantitative estimate of drug-likeness (QED) is 0.420. The first-order valence-corrected chi connectivity index (χ1v) is 4.57. The number of ketones is 1. The SMILES string of the molecule is O=C(c1ccccc1)C(Cl)C1CO1. The first kappa shape index (κ1) is 8.73. The normalized spacial score (nSPS) is 22.4. The van der Waals surface area contributed by atoms with Gasteiger partial charge in [0.2, 0.25) is 0 Å². The monoisotopic (exact) mass is 196 g/mol. The van der Waals surface area contributed by atoms with Crippen molar-refractivity contribution in [3.05, 3.63) is 35.9 Å². The lowest BCUT2D eigenvalue weighted by molar-refractivity contribution is 0.0977. The number of alkyl halides is 1. The molecule has 1 aromatic rings. The largest absolute Gasteiger partial charge is 0.371 e. The number of benzene rings is 1. The molecule has 68 valence electrons. The Kier molecular flexibility index (Phi) is 2.34. The van der Waals surface area contributed by atoms with Crippen molar-refractivity contribution in [3.8, 4) is 0 Å². The molecule has 1 aliphatic heterocycles. The Morgan fingerprint density at radius 2 is 2.08 bits per heavy atom. The first-order chi connectivity index (χ1) is 6.29. The van der Waals surface area contributed by atoms with Gasteiger partial charge in [0.1, 0.15) is 11.5 Å². The van der Waals surface area contributed by atoms with Crippen LogP contribution in [0.4, 0.5) is 0 Å². The van der Waals surface area contributed by atoms with Crippen LogP contribution in [0.3, 0.4) is 0 Å². The maximum Gasteiger partial charge on any atom is 0.183 e. The summed E-state index contributed by atoms with van der Waals surface area (Å²) in [5.41, 5.74) is 0.651. The van der Waals surface area contributed by atoms with Gasteiger partial charge in [0.05, 0.1) is 6.61 Å². The molecule has 0 N–H and O–H groups in total. The molecule has 1 fully saturated rings. The molecule has 0 amide bonds. The third-order valence-electron chi connectivity index (χ3n) is 1.99. The average Bonchev–Trinajstić information content (AvgIpc) is 3.00. The van der Waals surface area contributed by atoms with E-state index >= 15 is 0 Å². The summed E-state index contributed by atoms with van der Waals surface area (Å²) in [7, 11) is 0. The van der Waals surface area contributed by atoms with Gasteiger partial charge in [-0.2, -0.15) is 0 Å². The molecular formula is C10H9ClO2. The van der Waals surface area contributed by atoms with Crippen molar-refractivity contribution in [2.24, 2.45) is 0 Å². The summed E-state index contributed by atoms with van der Waals surface area (Å²) in [6.45, 7) is 0.604. The van der Waals surface area contributed by atoms with E-state index in [0.717, 1.165) is 0 Å². The van der Waals surface area contributed by atoms with Gasteiger partial charge in [-0.15, -0.1) is 11.6 Å². The molecule has 0 radical (unpaired) electrons. The van der Waals surface area contributed by atoms with Crippen LogP contribution >= 0.6 is 11.6 Å². The highest BCUT2D eigenvalue weighted by atomic mass is 35.5. The molecular weight excluding hydrogens is 188 g/mol. The van der Waals surface area contributed by atoms with Crippen LogP contribution in [0.2, 0.25) is 0 Å². The number of hydrogen-bond donors (Lipinski definition) is 0. The van der Waals surface area contributed by atoms with Crippen LogP contribution in [-0.2, 0) is 4.74 Å². The summed E-state index contributed by atoms with van der Waals surface area (Å²) in [5, 5.41) is -0.526. The van der Waals surface area contributed by atoms with Gasteiger partial charge in [0.15, 0.2) is 5.78 Å². The standard InChI is InChI=1S/C10H9ClO2/c11-9(8-6-13-8)10(12)7-4-2-1-3-5-7/h1-5,8-9H,6H2. The number of ether oxygens (including phenoxy) is 1. The van der Waals surface area contributed by atoms with Gasteiger partial charge in [-0.3, -0.25) is 4.79 Å². The zero-order chi connectivity index (χ0) is 9.26. The lowest BCUT2D eigenvalue weighted by atomic mass is 10.1. The molecule has 13 heavy (non-hydrogen) atoms. The third-order valence-corrected chi connectivity index (χ3v) is 2.47. The molecule has 2 rings (SSSR count). The zero-order valence-corrected chi connectivity index (χ0v) is 7.70. The minimum atomic E-state index is -0.526. The summed E-state index contributed by atoms with van der Waals surface area (Å²) >= 11 is 5.89. The predicted molar refractivity (Wildman–Crippen MR) is 50.2 cm³/mol. The number of Topliss-reactive ketones (excluding diaryl/α,β-unsaturated/α-hetero) is 1. The van der Waals surface area contributed by atoms with Crippen molar-refractivity contribution in [2.75, 3.05) is 6.61 Å². The maximum absolute atomic E-state index is 11.6. The van der Waals surface area contributed by atoms with Gasteiger partial charge in [0.25, 0.3) is 0 Å². The highest BCUT2D eigenvalue weighted by Gasteiger charge is 2.36. The Bertz CT molecular complexity index is 306. The average molecular weight is 197 g/mol. The van der Waals surface area contributed by atoms with Gasteiger partial charge in [0, 0.05) is 5.56 Å². The van der Waals surface area contributed by atoms with Crippen LogP contribution in [-0.4, -0.2) is 23.9 Å². The van der Waals surface area contributed by atoms with E-state index in [1.54, 1.807) is 12.1 Å². The van der Waals surface area contributed by atoms with Crippen LogP contribution in [0.15, 0.2) is 30.3 Å². The van der Waals surface area contributed by atoms with Crippen LogP contribution in [0, 0.1) is 0 Å². The number of halogens is 1. The van der Waals surface area contributed by atoms with Crippen molar-refractivity contribution in [2.45, 2.75) is 11.5 Å².